The molecule has 2 amide bonds. The minimum atomic E-state index is -2.89. The average molecular weight is 560 g/mol. The van der Waals surface area contributed by atoms with Gasteiger partial charge in [-0.15, -0.1) is 0 Å². The maximum atomic E-state index is 13.6. The molecule has 2 N–H and O–H groups in total. The van der Waals surface area contributed by atoms with Crippen molar-refractivity contribution < 1.29 is 23.5 Å². The minimum Gasteiger partial charge on any atom is -0.372 e. The van der Waals surface area contributed by atoms with Crippen LogP contribution < -0.4 is 10.2 Å². The van der Waals surface area contributed by atoms with Gasteiger partial charge in [-0.2, -0.15) is 0 Å². The Hall–Kier alpha value is -3.07. The smallest absolute Gasteiger partial charge is 0.281 e. The standard InChI is InChI=1S/C28H25Cl2F2N3O3/c29-18-5-3-4-17(12-18)28(38)22-6-1-2-7-23(22)35(27(28)37)15-16-8-10-20(11-9-16)34-26(36)21-13-19(30)14-33-24(21)25(31)32/h1-7,12-14,16,20,25,38H,8-11,15H2,(H,34,36)/t16-,20-,28?. The van der Waals surface area contributed by atoms with Gasteiger partial charge in [-0.3, -0.25) is 14.6 Å². The summed E-state index contributed by atoms with van der Waals surface area (Å²) in [6.45, 7) is 0.410. The van der Waals surface area contributed by atoms with Gasteiger partial charge in [0, 0.05) is 29.4 Å². The molecule has 0 spiro atoms. The zero-order valence-corrected chi connectivity index (χ0v) is 21.7. The van der Waals surface area contributed by atoms with E-state index >= 15 is 0 Å². The lowest BCUT2D eigenvalue weighted by Gasteiger charge is -2.32. The number of anilines is 1. The number of fused-ring (bicyclic) bond motifs is 1. The van der Waals surface area contributed by atoms with E-state index < -0.39 is 29.5 Å². The topological polar surface area (TPSA) is 82.5 Å². The van der Waals surface area contributed by atoms with Crippen molar-refractivity contribution in [2.45, 2.75) is 43.8 Å². The fraction of sp³-hybridized carbons (Fsp3) is 0.321. The molecule has 3 aromatic rings. The molecule has 0 saturated heterocycles. The Bertz CT molecular complexity index is 1380. The van der Waals surface area contributed by atoms with E-state index in [2.05, 4.69) is 10.3 Å². The van der Waals surface area contributed by atoms with E-state index in [4.69, 9.17) is 23.2 Å². The van der Waals surface area contributed by atoms with E-state index in [9.17, 15) is 23.5 Å². The summed E-state index contributed by atoms with van der Waals surface area (Å²) in [5.41, 5.74) is -1.08. The number of nitrogens with zero attached hydrogens (tertiary/aromatic N) is 2. The van der Waals surface area contributed by atoms with Gasteiger partial charge < -0.3 is 15.3 Å². The van der Waals surface area contributed by atoms with Crippen molar-refractivity contribution in [2.75, 3.05) is 11.4 Å². The summed E-state index contributed by atoms with van der Waals surface area (Å²) in [6.07, 6.45) is 0.864. The monoisotopic (exact) mass is 559 g/mol. The highest BCUT2D eigenvalue weighted by atomic mass is 35.5. The predicted octanol–water partition coefficient (Wildman–Crippen LogP) is 5.90. The zero-order valence-electron chi connectivity index (χ0n) is 20.2. The fourth-order valence-electron chi connectivity index (χ4n) is 5.42. The third kappa shape index (κ3) is 4.88. The van der Waals surface area contributed by atoms with Gasteiger partial charge in [-0.1, -0.05) is 53.5 Å². The van der Waals surface area contributed by atoms with E-state index in [1.807, 2.05) is 12.1 Å². The number of nitrogens with one attached hydrogen (secondary N) is 1. The molecule has 1 aliphatic heterocycles. The Kier molecular flexibility index (Phi) is 7.40. The molecule has 6 nitrogen and oxygen atoms in total. The summed E-state index contributed by atoms with van der Waals surface area (Å²) in [4.78, 5) is 31.6. The molecular weight excluding hydrogens is 535 g/mol. The largest absolute Gasteiger partial charge is 0.372 e. The van der Waals surface area contributed by atoms with E-state index in [0.717, 1.165) is 6.20 Å². The Morgan fingerprint density at radius 1 is 1.08 bits per heavy atom. The lowest BCUT2D eigenvalue weighted by Crippen LogP contribution is -2.44. The number of hydrogen-bond acceptors (Lipinski definition) is 4. The molecule has 0 radical (unpaired) electrons. The number of rotatable bonds is 6. The van der Waals surface area contributed by atoms with Gasteiger partial charge >= 0.3 is 0 Å². The van der Waals surface area contributed by atoms with Crippen LogP contribution in [0.4, 0.5) is 14.5 Å². The number of para-hydroxylation sites is 1. The SMILES string of the molecule is O=C(N[C@H]1CC[C@H](CN2C(=O)C(O)(c3cccc(Cl)c3)c3ccccc32)CC1)c1cc(Cl)cnc1C(F)F. The van der Waals surface area contributed by atoms with Crippen molar-refractivity contribution in [1.29, 1.82) is 0 Å². The summed E-state index contributed by atoms with van der Waals surface area (Å²) in [5.74, 6) is -0.926. The normalized spacial score (nSPS) is 23.0. The van der Waals surface area contributed by atoms with Crippen molar-refractivity contribution >= 4 is 40.7 Å². The number of alkyl halides is 2. The predicted molar refractivity (Wildman–Crippen MR) is 141 cm³/mol. The van der Waals surface area contributed by atoms with Crippen LogP contribution >= 0.6 is 23.2 Å². The molecular formula is C28H25Cl2F2N3O3. The van der Waals surface area contributed by atoms with E-state index in [1.54, 1.807) is 41.3 Å². The quantitative estimate of drug-likeness (QED) is 0.394. The van der Waals surface area contributed by atoms with Crippen LogP contribution in [0.1, 0.15) is 59.3 Å². The first-order valence-electron chi connectivity index (χ1n) is 12.3. The second-order valence-electron chi connectivity index (χ2n) is 9.73. The van der Waals surface area contributed by atoms with Crippen molar-refractivity contribution in [3.63, 3.8) is 0 Å². The van der Waals surface area contributed by atoms with Gasteiger partial charge in [0.05, 0.1) is 16.3 Å². The van der Waals surface area contributed by atoms with Crippen LogP contribution in [0.3, 0.4) is 0 Å². The fourth-order valence-corrected chi connectivity index (χ4v) is 5.77. The van der Waals surface area contributed by atoms with Crippen LogP contribution in [0.15, 0.2) is 60.8 Å². The van der Waals surface area contributed by atoms with E-state index in [0.29, 0.717) is 54.1 Å². The van der Waals surface area contributed by atoms with Gasteiger partial charge in [-0.25, -0.2) is 8.78 Å². The van der Waals surface area contributed by atoms with Gasteiger partial charge in [0.15, 0.2) is 5.60 Å². The highest BCUT2D eigenvalue weighted by Gasteiger charge is 2.51. The third-order valence-corrected chi connectivity index (χ3v) is 7.78. The van der Waals surface area contributed by atoms with Crippen molar-refractivity contribution in [3.05, 3.63) is 93.2 Å². The lowest BCUT2D eigenvalue weighted by atomic mass is 9.85. The molecule has 2 aromatic carbocycles. The first-order valence-corrected chi connectivity index (χ1v) is 13.1. The minimum absolute atomic E-state index is 0.108. The molecule has 1 fully saturated rings. The summed E-state index contributed by atoms with van der Waals surface area (Å²) in [7, 11) is 0. The van der Waals surface area contributed by atoms with Crippen LogP contribution in [-0.2, 0) is 10.4 Å². The Morgan fingerprint density at radius 2 is 1.82 bits per heavy atom. The highest BCUT2D eigenvalue weighted by molar-refractivity contribution is 6.31. The van der Waals surface area contributed by atoms with Crippen LogP contribution in [-0.4, -0.2) is 34.5 Å². The molecule has 5 rings (SSSR count). The zero-order chi connectivity index (χ0) is 27.0. The Balaban J connectivity index is 1.27. The molecule has 2 aliphatic rings. The van der Waals surface area contributed by atoms with Crippen molar-refractivity contribution in [2.24, 2.45) is 5.92 Å². The molecule has 0 bridgehead atoms. The van der Waals surface area contributed by atoms with E-state index in [1.165, 1.54) is 6.07 Å². The van der Waals surface area contributed by atoms with E-state index in [-0.39, 0.29) is 22.5 Å². The number of hydrogen-bond donors (Lipinski definition) is 2. The van der Waals surface area contributed by atoms with Gasteiger partial charge in [0.25, 0.3) is 18.2 Å². The second kappa shape index (κ2) is 10.6. The number of halogens is 4. The average Bonchev–Trinajstić information content (AvgIpc) is 3.12. The Labute approximate surface area is 228 Å². The molecule has 2 heterocycles. The number of pyridine rings is 1. The van der Waals surface area contributed by atoms with Crippen molar-refractivity contribution in [3.8, 4) is 0 Å². The van der Waals surface area contributed by atoms with Gasteiger partial charge in [-0.05, 0) is 61.4 Å². The highest BCUT2D eigenvalue weighted by Crippen LogP contribution is 2.45. The first kappa shape index (κ1) is 26.5. The molecule has 38 heavy (non-hydrogen) atoms. The molecule has 1 aliphatic carbocycles. The maximum absolute atomic E-state index is 13.6. The Morgan fingerprint density at radius 3 is 2.53 bits per heavy atom. The van der Waals surface area contributed by atoms with Gasteiger partial charge in [0.1, 0.15) is 5.69 Å². The summed E-state index contributed by atoms with van der Waals surface area (Å²) in [6, 6.07) is 14.9. The summed E-state index contributed by atoms with van der Waals surface area (Å²) in [5, 5.41) is 15.0. The third-order valence-electron chi connectivity index (χ3n) is 7.34. The number of aliphatic hydroxyl groups is 1. The van der Waals surface area contributed by atoms with Crippen LogP contribution in [0, 0.1) is 5.92 Å². The number of amides is 2. The molecule has 198 valence electrons. The van der Waals surface area contributed by atoms with Crippen LogP contribution in [0.5, 0.6) is 0 Å². The number of carbonyl (C=O) groups is 2. The lowest BCUT2D eigenvalue weighted by molar-refractivity contribution is -0.132. The molecule has 1 unspecified atom stereocenters. The number of benzene rings is 2. The molecule has 1 saturated carbocycles. The van der Waals surface area contributed by atoms with Crippen molar-refractivity contribution in [1.82, 2.24) is 10.3 Å². The molecule has 1 aromatic heterocycles. The second-order valence-corrected chi connectivity index (χ2v) is 10.6. The first-order chi connectivity index (χ1) is 18.2. The maximum Gasteiger partial charge on any atom is 0.281 e. The number of carbonyl (C=O) groups excluding carboxylic acids is 2. The van der Waals surface area contributed by atoms with Crippen LogP contribution in [0.2, 0.25) is 10.0 Å². The molecule has 10 heteroatoms. The summed E-state index contributed by atoms with van der Waals surface area (Å²) >= 11 is 12.0. The number of aromatic nitrogens is 1. The summed E-state index contributed by atoms with van der Waals surface area (Å²) < 4.78 is 26.6. The van der Waals surface area contributed by atoms with Crippen LogP contribution in [0.25, 0.3) is 0 Å². The van der Waals surface area contributed by atoms with Gasteiger partial charge in [0.2, 0.25) is 0 Å². The molecule has 1 atom stereocenters.